The molecule has 0 radical (unpaired) electrons. The van der Waals surface area contributed by atoms with Crippen molar-refractivity contribution in [2.24, 2.45) is 5.41 Å². The van der Waals surface area contributed by atoms with E-state index in [0.717, 1.165) is 36.4 Å². The van der Waals surface area contributed by atoms with Gasteiger partial charge >= 0.3 is 0 Å². The molecule has 1 saturated carbocycles. The first-order valence-electron chi connectivity index (χ1n) is 8.58. The van der Waals surface area contributed by atoms with Crippen LogP contribution in [0.2, 0.25) is 0 Å². The number of ether oxygens (including phenoxy) is 1. The second-order valence-electron chi connectivity index (χ2n) is 7.21. The Bertz CT molecular complexity index is 581. The van der Waals surface area contributed by atoms with E-state index in [-0.39, 0.29) is 23.5 Å². The third-order valence-electron chi connectivity index (χ3n) is 5.52. The lowest BCUT2D eigenvalue weighted by Crippen LogP contribution is -2.63. The van der Waals surface area contributed by atoms with Crippen LogP contribution in [0.4, 0.5) is 0 Å². The van der Waals surface area contributed by atoms with Gasteiger partial charge in [0.05, 0.1) is 30.0 Å². The van der Waals surface area contributed by atoms with Crippen molar-refractivity contribution in [3.63, 3.8) is 0 Å². The van der Waals surface area contributed by atoms with Gasteiger partial charge in [0, 0.05) is 31.5 Å². The Labute approximate surface area is 147 Å². The van der Waals surface area contributed by atoms with E-state index in [1.54, 1.807) is 5.51 Å². The summed E-state index contributed by atoms with van der Waals surface area (Å²) < 4.78 is 6.03. The summed E-state index contributed by atoms with van der Waals surface area (Å²) in [5.74, 6) is 0.0729. The highest BCUT2D eigenvalue weighted by Crippen LogP contribution is 2.51. The number of aryl methyl sites for hydroxylation is 1. The highest BCUT2D eigenvalue weighted by Gasteiger charge is 2.56. The number of carbonyl (C=O) groups excluding carboxylic acids is 1. The largest absolute Gasteiger partial charge is 0.392 e. The normalized spacial score (nSPS) is 26.0. The SMILES string of the molecule is Cc1ncsc1C(=O)N1CCC2(CC1)[C@H](O)C[C@@H]2OCCN(C)C. The van der Waals surface area contributed by atoms with Crippen LogP contribution in [-0.2, 0) is 4.74 Å². The number of hydrogen-bond acceptors (Lipinski definition) is 6. The third kappa shape index (κ3) is 3.22. The van der Waals surface area contributed by atoms with Gasteiger partial charge in [-0.05, 0) is 33.9 Å². The van der Waals surface area contributed by atoms with Gasteiger partial charge < -0.3 is 19.6 Å². The van der Waals surface area contributed by atoms with Gasteiger partial charge in [-0.2, -0.15) is 0 Å². The minimum atomic E-state index is -0.302. The maximum absolute atomic E-state index is 12.6. The maximum atomic E-state index is 12.6. The first kappa shape index (κ1) is 17.8. The quantitative estimate of drug-likeness (QED) is 0.866. The number of aromatic nitrogens is 1. The van der Waals surface area contributed by atoms with E-state index in [9.17, 15) is 9.90 Å². The maximum Gasteiger partial charge on any atom is 0.265 e. The molecule has 2 heterocycles. The molecule has 7 heteroatoms. The fourth-order valence-corrected chi connectivity index (χ4v) is 4.54. The molecule has 1 aromatic rings. The van der Waals surface area contributed by atoms with E-state index >= 15 is 0 Å². The number of aliphatic hydroxyl groups excluding tert-OH is 1. The minimum Gasteiger partial charge on any atom is -0.392 e. The van der Waals surface area contributed by atoms with E-state index in [2.05, 4.69) is 9.88 Å². The van der Waals surface area contributed by atoms with Crippen molar-refractivity contribution in [2.75, 3.05) is 40.3 Å². The van der Waals surface area contributed by atoms with Gasteiger partial charge in [-0.1, -0.05) is 0 Å². The fourth-order valence-electron chi connectivity index (χ4n) is 3.77. The molecule has 0 bridgehead atoms. The van der Waals surface area contributed by atoms with Crippen LogP contribution in [0.25, 0.3) is 0 Å². The van der Waals surface area contributed by atoms with Crippen LogP contribution in [0.1, 0.15) is 34.6 Å². The Hall–Kier alpha value is -1.02. The van der Waals surface area contributed by atoms with Crippen molar-refractivity contribution in [1.82, 2.24) is 14.8 Å². The predicted molar refractivity (Wildman–Crippen MR) is 93.3 cm³/mol. The molecule has 1 spiro atoms. The van der Waals surface area contributed by atoms with Crippen molar-refractivity contribution in [3.8, 4) is 0 Å². The molecule has 6 nitrogen and oxygen atoms in total. The molecule has 134 valence electrons. The van der Waals surface area contributed by atoms with Crippen LogP contribution in [0, 0.1) is 12.3 Å². The second-order valence-corrected chi connectivity index (χ2v) is 8.06. The Morgan fingerprint density at radius 1 is 1.50 bits per heavy atom. The number of aliphatic hydroxyl groups is 1. The number of amides is 1. The molecule has 0 aromatic carbocycles. The first-order chi connectivity index (χ1) is 11.4. The summed E-state index contributed by atoms with van der Waals surface area (Å²) in [5.41, 5.74) is 2.36. The van der Waals surface area contributed by atoms with Gasteiger partial charge in [0.25, 0.3) is 5.91 Å². The average molecular weight is 353 g/mol. The summed E-state index contributed by atoms with van der Waals surface area (Å²) in [6, 6.07) is 0. The number of thiazole rings is 1. The lowest BCUT2D eigenvalue weighted by atomic mass is 9.58. The van der Waals surface area contributed by atoms with E-state index in [1.807, 2.05) is 25.9 Å². The van der Waals surface area contributed by atoms with Gasteiger partial charge in [-0.25, -0.2) is 4.98 Å². The Morgan fingerprint density at radius 3 is 2.75 bits per heavy atom. The summed E-state index contributed by atoms with van der Waals surface area (Å²) in [7, 11) is 4.06. The van der Waals surface area contributed by atoms with Crippen LogP contribution in [0.5, 0.6) is 0 Å². The van der Waals surface area contributed by atoms with Crippen LogP contribution in [0.3, 0.4) is 0 Å². The number of carbonyl (C=O) groups is 1. The molecule has 1 amide bonds. The monoisotopic (exact) mass is 353 g/mol. The smallest absolute Gasteiger partial charge is 0.265 e. The standard InChI is InChI=1S/C17H27N3O3S/c1-12-15(24-11-18-12)16(22)20-6-4-17(5-7-20)13(21)10-14(17)23-9-8-19(2)3/h11,13-14,21H,4-10H2,1-3H3/t13-,14+/m1/s1. The molecule has 1 aliphatic heterocycles. The van der Waals surface area contributed by atoms with Crippen LogP contribution >= 0.6 is 11.3 Å². The van der Waals surface area contributed by atoms with E-state index < -0.39 is 0 Å². The Kier molecular flexibility index (Phi) is 5.24. The number of likely N-dealkylation sites (tertiary alicyclic amines) is 1. The summed E-state index contributed by atoms with van der Waals surface area (Å²) in [6.07, 6.45) is 2.16. The molecule has 2 aliphatic rings. The highest BCUT2D eigenvalue weighted by molar-refractivity contribution is 7.11. The van der Waals surface area contributed by atoms with Crippen LogP contribution in [-0.4, -0.2) is 78.3 Å². The number of rotatable bonds is 5. The molecule has 2 atom stereocenters. The summed E-state index contributed by atoms with van der Waals surface area (Å²) in [4.78, 5) is 21.5. The van der Waals surface area contributed by atoms with Crippen molar-refractivity contribution in [3.05, 3.63) is 16.1 Å². The average Bonchev–Trinajstić information content (AvgIpc) is 2.99. The van der Waals surface area contributed by atoms with Crippen LogP contribution in [0.15, 0.2) is 5.51 Å². The Morgan fingerprint density at radius 2 is 2.21 bits per heavy atom. The second kappa shape index (κ2) is 7.07. The summed E-state index contributed by atoms with van der Waals surface area (Å²) in [6.45, 7) is 4.81. The molecule has 2 fully saturated rings. The van der Waals surface area contributed by atoms with Gasteiger partial charge in [-0.15, -0.1) is 11.3 Å². The highest BCUT2D eigenvalue weighted by atomic mass is 32.1. The predicted octanol–water partition coefficient (Wildman–Crippen LogP) is 1.39. The first-order valence-corrected chi connectivity index (χ1v) is 9.46. The number of piperidine rings is 1. The van der Waals surface area contributed by atoms with Gasteiger partial charge in [-0.3, -0.25) is 4.79 Å². The zero-order valence-corrected chi connectivity index (χ0v) is 15.5. The van der Waals surface area contributed by atoms with Gasteiger partial charge in [0.15, 0.2) is 0 Å². The molecule has 1 aromatic heterocycles. The fraction of sp³-hybridized carbons (Fsp3) is 0.765. The van der Waals surface area contributed by atoms with Crippen molar-refractivity contribution in [2.45, 2.75) is 38.4 Å². The number of hydrogen-bond donors (Lipinski definition) is 1. The number of nitrogens with zero attached hydrogens (tertiary/aromatic N) is 3. The number of likely N-dealkylation sites (N-methyl/N-ethyl adjacent to an activating group) is 1. The van der Waals surface area contributed by atoms with Crippen molar-refractivity contribution < 1.29 is 14.6 Å². The van der Waals surface area contributed by atoms with E-state index in [0.29, 0.717) is 19.7 Å². The lowest BCUT2D eigenvalue weighted by molar-refractivity contribution is -0.209. The van der Waals surface area contributed by atoms with E-state index in [1.165, 1.54) is 11.3 Å². The lowest BCUT2D eigenvalue weighted by Gasteiger charge is -2.56. The molecule has 3 rings (SSSR count). The molecule has 1 saturated heterocycles. The minimum absolute atomic E-state index is 0.0729. The molecular formula is C17H27N3O3S. The topological polar surface area (TPSA) is 65.9 Å². The van der Waals surface area contributed by atoms with Gasteiger partial charge in [0.1, 0.15) is 4.88 Å². The van der Waals surface area contributed by atoms with E-state index in [4.69, 9.17) is 4.74 Å². The molecule has 24 heavy (non-hydrogen) atoms. The molecule has 0 unspecified atom stereocenters. The summed E-state index contributed by atoms with van der Waals surface area (Å²) >= 11 is 1.40. The van der Waals surface area contributed by atoms with Crippen LogP contribution < -0.4 is 0 Å². The molecule has 1 N–H and O–H groups in total. The zero-order valence-electron chi connectivity index (χ0n) is 14.7. The molecule has 1 aliphatic carbocycles. The molecular weight excluding hydrogens is 326 g/mol. The zero-order chi connectivity index (χ0) is 17.3. The third-order valence-corrected chi connectivity index (χ3v) is 6.44. The Balaban J connectivity index is 1.57. The van der Waals surface area contributed by atoms with Gasteiger partial charge in [0.2, 0.25) is 0 Å². The van der Waals surface area contributed by atoms with Crippen molar-refractivity contribution in [1.29, 1.82) is 0 Å². The summed E-state index contributed by atoms with van der Waals surface area (Å²) in [5, 5.41) is 10.4. The van der Waals surface area contributed by atoms with Crippen molar-refractivity contribution >= 4 is 17.2 Å².